The van der Waals surface area contributed by atoms with Gasteiger partial charge in [0.05, 0.1) is 12.5 Å². The van der Waals surface area contributed by atoms with Crippen molar-refractivity contribution in [2.75, 3.05) is 6.54 Å². The van der Waals surface area contributed by atoms with Crippen molar-refractivity contribution >= 4 is 23.5 Å². The van der Waals surface area contributed by atoms with E-state index in [0.717, 1.165) is 51.4 Å². The first kappa shape index (κ1) is 24.1. The van der Waals surface area contributed by atoms with Crippen LogP contribution in [0.3, 0.4) is 0 Å². The lowest BCUT2D eigenvalue weighted by Gasteiger charge is -2.31. The molecule has 1 aliphatic carbocycles. The average Bonchev–Trinajstić information content (AvgIpc) is 2.65. The molecule has 0 aromatic rings. The Morgan fingerprint density at radius 3 is 2.11 bits per heavy atom. The molecule has 1 saturated carbocycles. The summed E-state index contributed by atoms with van der Waals surface area (Å²) >= 11 is 0. The van der Waals surface area contributed by atoms with Crippen molar-refractivity contribution in [2.24, 2.45) is 34.0 Å². The Kier molecular flexibility index (Phi) is 11.4. The molecule has 0 aromatic carbocycles. The largest absolute Gasteiger partial charge is 0.481 e. The number of ketones is 2. The van der Waals surface area contributed by atoms with Crippen LogP contribution in [0.1, 0.15) is 77.0 Å². The third-order valence-corrected chi connectivity index (χ3v) is 5.43. The highest BCUT2D eigenvalue weighted by atomic mass is 16.4. The van der Waals surface area contributed by atoms with Crippen molar-refractivity contribution in [1.29, 1.82) is 0 Å². The van der Waals surface area contributed by atoms with Crippen LogP contribution in [-0.4, -0.2) is 41.2 Å². The smallest absolute Gasteiger partial charge is 0.305 e. The maximum absolute atomic E-state index is 12.6. The molecule has 0 saturated heterocycles. The van der Waals surface area contributed by atoms with E-state index < -0.39 is 17.9 Å². The number of carbonyl (C=O) groups excluding carboxylic acids is 2. The van der Waals surface area contributed by atoms with E-state index in [2.05, 4.69) is 4.99 Å². The van der Waals surface area contributed by atoms with Crippen molar-refractivity contribution in [3.63, 3.8) is 0 Å². The summed E-state index contributed by atoms with van der Waals surface area (Å²) in [4.78, 5) is 39.9. The molecule has 0 bridgehead atoms. The van der Waals surface area contributed by atoms with Crippen LogP contribution in [0.25, 0.3) is 0 Å². The highest BCUT2D eigenvalue weighted by molar-refractivity contribution is 5.94. The van der Waals surface area contributed by atoms with Gasteiger partial charge >= 0.3 is 5.97 Å². The predicted molar refractivity (Wildman–Crippen MR) is 109 cm³/mol. The van der Waals surface area contributed by atoms with Crippen LogP contribution in [0, 0.1) is 11.8 Å². The molecule has 1 rings (SSSR count). The number of rotatable bonds is 14. The summed E-state index contributed by atoms with van der Waals surface area (Å²) in [6.45, 7) is 0.655. The van der Waals surface area contributed by atoms with Crippen molar-refractivity contribution < 1.29 is 19.5 Å². The first-order valence-corrected chi connectivity index (χ1v) is 10.4. The molecule has 2 unspecified atom stereocenters. The fourth-order valence-corrected chi connectivity index (χ4v) is 3.93. The molecule has 0 amide bonds. The Balaban J connectivity index is 2.31. The number of nitrogens with two attached hydrogens (primary N) is 3. The standard InChI is InChI=1S/C20H36N4O4/c21-16(13-18(26)27)19(28)15-10-7-6-9-14(15)17(25)11-5-3-1-2-4-8-12-24-20(22)23/h14-16H,1-13,21H2,(H,26,27)(H4,22,23,24)/t14?,15?,16-/m0/s1. The van der Waals surface area contributed by atoms with E-state index in [1.54, 1.807) is 0 Å². The number of nitrogens with zero attached hydrogens (tertiary/aromatic N) is 1. The van der Waals surface area contributed by atoms with Gasteiger partial charge in [-0.1, -0.05) is 38.5 Å². The van der Waals surface area contributed by atoms with E-state index in [4.69, 9.17) is 22.3 Å². The lowest BCUT2D eigenvalue weighted by atomic mass is 9.72. The minimum atomic E-state index is -1.09. The van der Waals surface area contributed by atoms with Crippen LogP contribution >= 0.6 is 0 Å². The molecule has 1 fully saturated rings. The van der Waals surface area contributed by atoms with E-state index in [1.807, 2.05) is 0 Å². The molecular formula is C20H36N4O4. The van der Waals surface area contributed by atoms with Crippen molar-refractivity contribution in [1.82, 2.24) is 0 Å². The van der Waals surface area contributed by atoms with E-state index >= 15 is 0 Å². The highest BCUT2D eigenvalue weighted by Crippen LogP contribution is 2.33. The van der Waals surface area contributed by atoms with Crippen molar-refractivity contribution in [3.8, 4) is 0 Å². The number of hydrogen-bond acceptors (Lipinski definition) is 5. The number of aliphatic imine (C=N–C) groups is 1. The van der Waals surface area contributed by atoms with Crippen LogP contribution in [0.5, 0.6) is 0 Å². The van der Waals surface area contributed by atoms with E-state index in [0.29, 0.717) is 25.8 Å². The first-order chi connectivity index (χ1) is 13.3. The molecule has 8 heteroatoms. The Labute approximate surface area is 167 Å². The van der Waals surface area contributed by atoms with Gasteiger partial charge in [-0.05, 0) is 25.7 Å². The summed E-state index contributed by atoms with van der Waals surface area (Å²) in [5.41, 5.74) is 16.3. The third kappa shape index (κ3) is 9.30. The maximum atomic E-state index is 12.6. The van der Waals surface area contributed by atoms with Gasteiger partial charge in [-0.2, -0.15) is 0 Å². The van der Waals surface area contributed by atoms with Crippen LogP contribution in [-0.2, 0) is 14.4 Å². The number of Topliss-reactive ketones (excluding diaryl/α,β-unsaturated/α-hetero) is 2. The molecule has 0 aromatic heterocycles. The van der Waals surface area contributed by atoms with Gasteiger partial charge in [-0.25, -0.2) is 0 Å². The number of carboxylic acid groups (broad SMARTS) is 1. The molecule has 0 heterocycles. The fraction of sp³-hybridized carbons (Fsp3) is 0.800. The first-order valence-electron chi connectivity index (χ1n) is 10.4. The van der Waals surface area contributed by atoms with Gasteiger partial charge < -0.3 is 22.3 Å². The van der Waals surface area contributed by atoms with Gasteiger partial charge in [-0.3, -0.25) is 19.4 Å². The molecule has 7 N–H and O–H groups in total. The highest BCUT2D eigenvalue weighted by Gasteiger charge is 2.37. The lowest BCUT2D eigenvalue weighted by Crippen LogP contribution is -2.43. The molecule has 160 valence electrons. The second kappa shape index (κ2) is 13.3. The zero-order chi connectivity index (χ0) is 20.9. The van der Waals surface area contributed by atoms with Crippen molar-refractivity contribution in [2.45, 2.75) is 83.1 Å². The summed E-state index contributed by atoms with van der Waals surface area (Å²) in [6.07, 6.45) is 9.25. The van der Waals surface area contributed by atoms with Crippen LogP contribution < -0.4 is 17.2 Å². The molecule has 0 spiro atoms. The number of aliphatic carboxylic acids is 1. The number of carboxylic acids is 1. The second-order valence-electron chi connectivity index (χ2n) is 7.75. The van der Waals surface area contributed by atoms with Gasteiger partial charge in [0.25, 0.3) is 0 Å². The Morgan fingerprint density at radius 1 is 0.929 bits per heavy atom. The number of guanidine groups is 1. The number of carbonyl (C=O) groups is 3. The summed E-state index contributed by atoms with van der Waals surface area (Å²) < 4.78 is 0. The zero-order valence-corrected chi connectivity index (χ0v) is 16.8. The minimum Gasteiger partial charge on any atom is -0.481 e. The summed E-state index contributed by atoms with van der Waals surface area (Å²) in [5.74, 6) is -1.79. The molecule has 3 atom stereocenters. The fourth-order valence-electron chi connectivity index (χ4n) is 3.93. The lowest BCUT2D eigenvalue weighted by molar-refractivity contribution is -0.141. The summed E-state index contributed by atoms with van der Waals surface area (Å²) in [5, 5.41) is 8.85. The van der Waals surface area contributed by atoms with Crippen molar-refractivity contribution in [3.05, 3.63) is 0 Å². The van der Waals surface area contributed by atoms with E-state index in [9.17, 15) is 14.4 Å². The third-order valence-electron chi connectivity index (χ3n) is 5.43. The summed E-state index contributed by atoms with van der Waals surface area (Å²) in [7, 11) is 0. The Bertz CT molecular complexity index is 546. The second-order valence-corrected chi connectivity index (χ2v) is 7.75. The van der Waals surface area contributed by atoms with Gasteiger partial charge in [0.1, 0.15) is 5.78 Å². The summed E-state index contributed by atoms with van der Waals surface area (Å²) in [6, 6.07) is -1.02. The SMILES string of the molecule is NC(N)=NCCCCCCCCC(=O)C1CCCCC1C(=O)[C@@H](N)CC(=O)O. The number of unbranched alkanes of at least 4 members (excludes halogenated alkanes) is 5. The maximum Gasteiger partial charge on any atom is 0.305 e. The van der Waals surface area contributed by atoms with E-state index in [1.165, 1.54) is 0 Å². The zero-order valence-electron chi connectivity index (χ0n) is 16.8. The Morgan fingerprint density at radius 2 is 1.50 bits per heavy atom. The molecule has 28 heavy (non-hydrogen) atoms. The molecular weight excluding hydrogens is 360 g/mol. The van der Waals surface area contributed by atoms with Crippen LogP contribution in [0.4, 0.5) is 0 Å². The predicted octanol–water partition coefficient (Wildman–Crippen LogP) is 1.74. The Hall–Kier alpha value is -1.96. The van der Waals surface area contributed by atoms with Gasteiger partial charge in [0, 0.05) is 24.8 Å². The monoisotopic (exact) mass is 396 g/mol. The molecule has 8 nitrogen and oxygen atoms in total. The van der Waals surface area contributed by atoms with Gasteiger partial charge in [0.2, 0.25) is 0 Å². The quantitative estimate of drug-likeness (QED) is 0.197. The molecule has 0 radical (unpaired) electrons. The molecule has 1 aliphatic rings. The van der Waals surface area contributed by atoms with Gasteiger partial charge in [-0.15, -0.1) is 0 Å². The number of hydrogen-bond donors (Lipinski definition) is 4. The van der Waals surface area contributed by atoms with E-state index in [-0.39, 0.29) is 29.9 Å². The normalized spacial score (nSPS) is 20.3. The average molecular weight is 397 g/mol. The van der Waals surface area contributed by atoms with Crippen LogP contribution in [0.15, 0.2) is 4.99 Å². The van der Waals surface area contributed by atoms with Crippen LogP contribution in [0.2, 0.25) is 0 Å². The topological polar surface area (TPSA) is 162 Å². The molecule has 0 aliphatic heterocycles. The minimum absolute atomic E-state index is 0.127. The van der Waals surface area contributed by atoms with Gasteiger partial charge in [0.15, 0.2) is 11.7 Å².